The molecule has 5 saturated heterocycles. The zero-order valence-electron chi connectivity index (χ0n) is 47.1. The van der Waals surface area contributed by atoms with Gasteiger partial charge in [0.05, 0.1) is 91.0 Å². The molecule has 0 saturated carbocycles. The van der Waals surface area contributed by atoms with Crippen LogP contribution in [0.15, 0.2) is 24.4 Å². The summed E-state index contributed by atoms with van der Waals surface area (Å²) < 4.78 is 73.6. The van der Waals surface area contributed by atoms with E-state index in [0.717, 1.165) is 5.69 Å². The molecule has 7 rings (SSSR count). The number of hydrogen-bond acceptors (Lipinski definition) is 18. The number of carbonyl (C=O) groups excluding carboxylic acids is 3. The van der Waals surface area contributed by atoms with Crippen LogP contribution < -0.4 is 9.80 Å². The first-order chi connectivity index (χ1) is 35.9. The van der Waals surface area contributed by atoms with Gasteiger partial charge in [-0.25, -0.2) is 13.9 Å². The van der Waals surface area contributed by atoms with Crippen LogP contribution in [0, 0.1) is 29.5 Å². The zero-order chi connectivity index (χ0) is 55.4. The number of nitrogens with zero attached hydrogens (tertiary/aromatic N) is 6. The Hall–Kier alpha value is -3.90. The van der Waals surface area contributed by atoms with E-state index < -0.39 is 101 Å². The molecule has 17 atom stereocenters. The number of benzene rings is 1. The summed E-state index contributed by atoms with van der Waals surface area (Å²) in [6, 6.07) is 4.81. The third-order valence-electron chi connectivity index (χ3n) is 17.0. The minimum absolute atomic E-state index is 0.00877. The number of carbonyl (C=O) groups is 3. The molecule has 2 aromatic rings. The van der Waals surface area contributed by atoms with Crippen LogP contribution >= 0.6 is 0 Å². The van der Waals surface area contributed by atoms with E-state index >= 15 is 4.39 Å². The normalized spacial score (nSPS) is 38.5. The number of rotatable bonds is 15. The maximum absolute atomic E-state index is 15.3. The SMILES string of the molecule is CC[C@H]1OC(=O)[C@H](C)[C@@H](O[C@H]2C[C@@](C)(OC)C[C@H](C)O2)[C@H](C)[C@@H](OC2C[C@@H](N(C)CCc3cn(C[C@H]4CN(c5ccc(N6CCOCC6)c(F)c5)C(=O)O4)nn3)C[C@@H](C)O2)[C@](C)(OC)C[C@@H](C)C(=O)[C@H](C)[C@@H](O)[C@]1(C)O. The van der Waals surface area contributed by atoms with Gasteiger partial charge in [-0.2, -0.15) is 0 Å². The Kier molecular flexibility index (Phi) is 19.7. The monoisotopic (exact) mass is 1070 g/mol. The molecule has 76 heavy (non-hydrogen) atoms. The number of halogens is 1. The molecular formula is C55H87FN6O14. The smallest absolute Gasteiger partial charge is 0.414 e. The molecule has 5 aliphatic heterocycles. The van der Waals surface area contributed by atoms with Gasteiger partial charge in [0.1, 0.15) is 29.4 Å². The number of cyclic esters (lactones) is 2. The lowest BCUT2D eigenvalue weighted by molar-refractivity contribution is -0.294. The van der Waals surface area contributed by atoms with E-state index in [1.165, 1.54) is 17.9 Å². The van der Waals surface area contributed by atoms with Crippen molar-refractivity contribution in [2.75, 3.05) is 70.5 Å². The number of esters is 1. The van der Waals surface area contributed by atoms with E-state index in [1.54, 1.807) is 58.7 Å². The highest BCUT2D eigenvalue weighted by molar-refractivity contribution is 5.90. The Morgan fingerprint density at radius 3 is 2.28 bits per heavy atom. The van der Waals surface area contributed by atoms with Gasteiger partial charge in [0, 0.05) is 89.5 Å². The summed E-state index contributed by atoms with van der Waals surface area (Å²) in [7, 11) is 5.28. The highest BCUT2D eigenvalue weighted by Crippen LogP contribution is 2.42. The Balaban J connectivity index is 1.06. The van der Waals surface area contributed by atoms with Crippen LogP contribution in [-0.2, 0) is 65.2 Å². The lowest BCUT2D eigenvalue weighted by Crippen LogP contribution is -2.59. The van der Waals surface area contributed by atoms with E-state index in [2.05, 4.69) is 22.3 Å². The van der Waals surface area contributed by atoms with E-state index in [1.807, 2.05) is 45.7 Å². The molecule has 1 aromatic heterocycles. The maximum atomic E-state index is 15.3. The molecule has 20 nitrogen and oxygen atoms in total. The molecule has 21 heteroatoms. The molecule has 0 bridgehead atoms. The summed E-state index contributed by atoms with van der Waals surface area (Å²) >= 11 is 0. The Morgan fingerprint density at radius 1 is 0.895 bits per heavy atom. The molecule has 1 amide bonds. The van der Waals surface area contributed by atoms with Crippen LogP contribution in [0.5, 0.6) is 0 Å². The van der Waals surface area contributed by atoms with E-state index in [4.69, 9.17) is 42.6 Å². The number of ether oxygens (including phenoxy) is 9. The van der Waals surface area contributed by atoms with Gasteiger partial charge in [-0.05, 0) is 86.1 Å². The van der Waals surface area contributed by atoms with Crippen molar-refractivity contribution >= 4 is 29.2 Å². The van der Waals surface area contributed by atoms with Crippen molar-refractivity contribution in [3.63, 3.8) is 0 Å². The van der Waals surface area contributed by atoms with Crippen LogP contribution in [0.4, 0.5) is 20.6 Å². The van der Waals surface area contributed by atoms with Crippen molar-refractivity contribution in [3.05, 3.63) is 35.9 Å². The predicted molar refractivity (Wildman–Crippen MR) is 278 cm³/mol. The van der Waals surface area contributed by atoms with Gasteiger partial charge < -0.3 is 62.6 Å². The Morgan fingerprint density at radius 2 is 1.61 bits per heavy atom. The summed E-state index contributed by atoms with van der Waals surface area (Å²) in [5, 5.41) is 32.2. The predicted octanol–water partition coefficient (Wildman–Crippen LogP) is 5.70. The topological polar surface area (TPSA) is 215 Å². The fourth-order valence-electron chi connectivity index (χ4n) is 12.3. The molecule has 0 radical (unpaired) electrons. The molecular weight excluding hydrogens is 988 g/mol. The number of Topliss-reactive ketones (excluding diaryl/α,β-unsaturated/α-hetero) is 1. The second-order valence-electron chi connectivity index (χ2n) is 23.1. The van der Waals surface area contributed by atoms with Gasteiger partial charge in [-0.15, -0.1) is 5.10 Å². The minimum atomic E-state index is -1.96. The summed E-state index contributed by atoms with van der Waals surface area (Å²) in [5.74, 6) is -4.61. The largest absolute Gasteiger partial charge is 0.459 e. The number of likely N-dealkylation sites (N-methyl/N-ethyl adjacent to an activating group) is 1. The first-order valence-electron chi connectivity index (χ1n) is 27.4. The second-order valence-corrected chi connectivity index (χ2v) is 23.1. The third kappa shape index (κ3) is 13.7. The minimum Gasteiger partial charge on any atom is -0.459 e. The van der Waals surface area contributed by atoms with Gasteiger partial charge in [0.15, 0.2) is 12.6 Å². The van der Waals surface area contributed by atoms with Crippen LogP contribution in [0.3, 0.4) is 0 Å². The highest BCUT2D eigenvalue weighted by Gasteiger charge is 2.53. The molecule has 2 N–H and O–H groups in total. The lowest BCUT2D eigenvalue weighted by atomic mass is 9.74. The molecule has 428 valence electrons. The number of aliphatic hydroxyl groups excluding tert-OH is 1. The molecule has 5 fully saturated rings. The molecule has 5 aliphatic rings. The van der Waals surface area contributed by atoms with Gasteiger partial charge in [0.2, 0.25) is 0 Å². The van der Waals surface area contributed by atoms with Crippen molar-refractivity contribution in [1.29, 1.82) is 0 Å². The lowest BCUT2D eigenvalue weighted by Gasteiger charge is -2.48. The number of aromatic nitrogens is 3. The summed E-state index contributed by atoms with van der Waals surface area (Å²) in [6.45, 7) is 21.4. The van der Waals surface area contributed by atoms with Crippen molar-refractivity contribution in [1.82, 2.24) is 19.9 Å². The summed E-state index contributed by atoms with van der Waals surface area (Å²) in [4.78, 5) is 47.4. The van der Waals surface area contributed by atoms with Crippen LogP contribution in [0.1, 0.15) is 113 Å². The average Bonchev–Trinajstić information content (AvgIpc) is 4.01. The number of hydrogen-bond donors (Lipinski definition) is 2. The van der Waals surface area contributed by atoms with Crippen LogP contribution in [0.2, 0.25) is 0 Å². The number of morpholine rings is 1. The highest BCUT2D eigenvalue weighted by atomic mass is 19.1. The van der Waals surface area contributed by atoms with Crippen LogP contribution in [-0.4, -0.2) is 187 Å². The molecule has 1 aromatic carbocycles. The van der Waals surface area contributed by atoms with Crippen molar-refractivity contribution in [2.45, 2.75) is 199 Å². The number of amides is 1. The number of ketones is 1. The average molecular weight is 1080 g/mol. The molecule has 6 heterocycles. The molecule has 1 unspecified atom stereocenters. The maximum Gasteiger partial charge on any atom is 0.414 e. The van der Waals surface area contributed by atoms with E-state index in [-0.39, 0.29) is 50.0 Å². The quantitative estimate of drug-likeness (QED) is 0.205. The van der Waals surface area contributed by atoms with Gasteiger partial charge in [-0.3, -0.25) is 14.5 Å². The first-order valence-corrected chi connectivity index (χ1v) is 27.4. The van der Waals surface area contributed by atoms with Crippen molar-refractivity contribution < 1.29 is 71.6 Å². The second kappa shape index (κ2) is 25.0. The Labute approximate surface area is 448 Å². The van der Waals surface area contributed by atoms with Crippen molar-refractivity contribution in [2.24, 2.45) is 23.7 Å². The fourth-order valence-corrected chi connectivity index (χ4v) is 12.3. The number of aliphatic hydroxyl groups is 2. The summed E-state index contributed by atoms with van der Waals surface area (Å²) in [6.07, 6.45) is -2.54. The number of methoxy groups -OCH3 is 2. The van der Waals surface area contributed by atoms with Crippen LogP contribution in [0.25, 0.3) is 0 Å². The molecule has 0 spiro atoms. The Bertz CT molecular complexity index is 2270. The van der Waals surface area contributed by atoms with Gasteiger partial charge >= 0.3 is 12.1 Å². The van der Waals surface area contributed by atoms with Crippen molar-refractivity contribution in [3.8, 4) is 0 Å². The number of anilines is 2. The molecule has 0 aliphatic carbocycles. The fraction of sp³-hybridized carbons (Fsp3) is 0.800. The van der Waals surface area contributed by atoms with E-state index in [0.29, 0.717) is 76.3 Å². The summed E-state index contributed by atoms with van der Waals surface area (Å²) in [5.41, 5.74) is -2.06. The zero-order valence-corrected chi connectivity index (χ0v) is 47.1. The standard InChI is InChI=1S/C55H87FN6O14/c1-14-44-55(10,67)49(64)35(5)47(63)32(2)26-54(9,69-13)50(36(6)48(37(7)51(65)74-44)75-46-28-53(8,68-12)27-34(4)72-46)76-45-25-40(23-33(3)71-45)59(11)18-17-38-29-61(58-57-38)30-41-31-62(52(66)73-41)39-15-16-43(42(56)24-39)60-19-21-70-22-20-60/h15-16,24,29,32-37,40-41,44-46,48-50,64,67H,14,17-23,25-28,30-31H2,1-13H3/t32-,33-,34+,35+,36+,37-,40+,41+,44-,45?,46+,48+,49-,50-,53+,54-,55-/m1/s1. The van der Waals surface area contributed by atoms with Gasteiger partial charge in [0.25, 0.3) is 0 Å². The van der Waals surface area contributed by atoms with Gasteiger partial charge in [-0.1, -0.05) is 32.9 Å². The van der Waals surface area contributed by atoms with E-state index in [9.17, 15) is 24.6 Å². The first kappa shape index (κ1) is 59.8. The third-order valence-corrected chi connectivity index (χ3v) is 17.0.